The summed E-state index contributed by atoms with van der Waals surface area (Å²) in [6.45, 7) is 4.50. The van der Waals surface area contributed by atoms with Gasteiger partial charge in [0.2, 0.25) is 15.9 Å². The van der Waals surface area contributed by atoms with E-state index in [0.29, 0.717) is 17.2 Å². The molecule has 0 saturated heterocycles. The number of sulfonamides is 1. The highest BCUT2D eigenvalue weighted by Crippen LogP contribution is 2.32. The van der Waals surface area contributed by atoms with Crippen molar-refractivity contribution in [1.82, 2.24) is 14.9 Å². The minimum absolute atomic E-state index is 0.0269. The smallest absolute Gasteiger partial charge is 0.238 e. The zero-order chi connectivity index (χ0) is 22.2. The van der Waals surface area contributed by atoms with Crippen LogP contribution in [-0.2, 0) is 27.8 Å². The number of rotatable bonds is 6. The van der Waals surface area contributed by atoms with Gasteiger partial charge in [-0.2, -0.15) is 0 Å². The number of hydrogen-bond acceptors (Lipinski definition) is 5. The lowest BCUT2D eigenvalue weighted by Gasteiger charge is -2.27. The van der Waals surface area contributed by atoms with Gasteiger partial charge in [-0.25, -0.2) is 18.5 Å². The maximum absolute atomic E-state index is 13.0. The summed E-state index contributed by atoms with van der Waals surface area (Å²) < 4.78 is 25.3. The fourth-order valence-corrected chi connectivity index (χ4v) is 5.60. The number of imidazole rings is 1. The van der Waals surface area contributed by atoms with E-state index in [0.717, 1.165) is 24.8 Å². The van der Waals surface area contributed by atoms with Gasteiger partial charge in [0.05, 0.1) is 27.2 Å². The number of fused-ring (bicyclic) bond motifs is 2. The van der Waals surface area contributed by atoms with Gasteiger partial charge in [-0.05, 0) is 62.4 Å². The highest BCUT2D eigenvalue weighted by Gasteiger charge is 2.25. The summed E-state index contributed by atoms with van der Waals surface area (Å²) in [6.07, 6.45) is 3.04. The van der Waals surface area contributed by atoms with Crippen LogP contribution in [0.5, 0.6) is 0 Å². The van der Waals surface area contributed by atoms with Crippen LogP contribution in [0.15, 0.2) is 52.5 Å². The van der Waals surface area contributed by atoms with Crippen LogP contribution in [0.3, 0.4) is 0 Å². The Morgan fingerprint density at radius 3 is 2.84 bits per heavy atom. The summed E-state index contributed by atoms with van der Waals surface area (Å²) in [6, 6.07) is 13.0. The molecule has 31 heavy (non-hydrogen) atoms. The Bertz CT molecular complexity index is 1240. The summed E-state index contributed by atoms with van der Waals surface area (Å²) in [5.41, 5.74) is 3.87. The molecule has 0 saturated carbocycles. The first kappa shape index (κ1) is 21.9. The van der Waals surface area contributed by atoms with Crippen LogP contribution in [0.25, 0.3) is 11.0 Å². The summed E-state index contributed by atoms with van der Waals surface area (Å²) in [7, 11) is -3.80. The van der Waals surface area contributed by atoms with Crippen molar-refractivity contribution in [3.8, 4) is 0 Å². The number of amides is 1. The van der Waals surface area contributed by atoms with E-state index in [-0.39, 0.29) is 22.1 Å². The van der Waals surface area contributed by atoms with Crippen molar-refractivity contribution in [3.05, 3.63) is 53.6 Å². The summed E-state index contributed by atoms with van der Waals surface area (Å²) >= 11 is 1.37. The Labute approximate surface area is 186 Å². The number of carbonyl (C=O) groups is 1. The van der Waals surface area contributed by atoms with Crippen molar-refractivity contribution in [1.29, 1.82) is 0 Å². The molecule has 0 aliphatic heterocycles. The number of aromatic nitrogens is 2. The Balaban J connectivity index is 1.54. The van der Waals surface area contributed by atoms with Crippen molar-refractivity contribution >= 4 is 38.7 Å². The van der Waals surface area contributed by atoms with Gasteiger partial charge >= 0.3 is 0 Å². The number of benzene rings is 2. The van der Waals surface area contributed by atoms with E-state index in [2.05, 4.69) is 22.4 Å². The van der Waals surface area contributed by atoms with Crippen LogP contribution in [0, 0.1) is 0 Å². The van der Waals surface area contributed by atoms with Gasteiger partial charge in [0.25, 0.3) is 0 Å². The number of hydrogen-bond donors (Lipinski definition) is 2. The molecule has 7 nitrogen and oxygen atoms in total. The van der Waals surface area contributed by atoms with E-state index in [4.69, 9.17) is 5.14 Å². The number of nitrogens with one attached hydrogen (secondary N) is 1. The fraction of sp³-hybridized carbons (Fsp3) is 0.364. The van der Waals surface area contributed by atoms with Crippen LogP contribution in [0.1, 0.15) is 43.9 Å². The number of carbonyl (C=O) groups excluding carboxylic acids is 1. The normalized spacial score (nSPS) is 17.3. The molecule has 0 bridgehead atoms. The van der Waals surface area contributed by atoms with E-state index in [9.17, 15) is 13.2 Å². The van der Waals surface area contributed by atoms with Crippen molar-refractivity contribution in [2.45, 2.75) is 61.0 Å². The third-order valence-corrected chi connectivity index (χ3v) is 7.67. The fourth-order valence-electron chi connectivity index (χ4n) is 4.06. The monoisotopic (exact) mass is 458 g/mol. The standard InChI is InChI=1S/C22H26N4O3S2/c1-3-26-20-12-11-16(31(23,28)29)13-19(20)25-22(26)30-14(2)21(27)24-18-10-6-8-15-7-4-5-9-17(15)18/h4-5,7,9,11-14,18H,3,6,8,10H2,1-2H3,(H,24,27)(H2,23,28,29). The van der Waals surface area contributed by atoms with Gasteiger partial charge in [0.1, 0.15) is 0 Å². The molecule has 0 spiro atoms. The van der Waals surface area contributed by atoms with Gasteiger partial charge in [-0.3, -0.25) is 4.79 Å². The number of primary sulfonamides is 1. The third kappa shape index (κ3) is 4.49. The Morgan fingerprint density at radius 2 is 2.10 bits per heavy atom. The van der Waals surface area contributed by atoms with Crippen molar-refractivity contribution in [2.75, 3.05) is 0 Å². The lowest BCUT2D eigenvalue weighted by Crippen LogP contribution is -2.36. The molecule has 3 N–H and O–H groups in total. The minimum Gasteiger partial charge on any atom is -0.348 e. The molecule has 0 fully saturated rings. The molecule has 164 valence electrons. The van der Waals surface area contributed by atoms with Crippen LogP contribution < -0.4 is 10.5 Å². The molecule has 2 unspecified atom stereocenters. The van der Waals surface area contributed by atoms with Crippen LogP contribution in [-0.4, -0.2) is 29.1 Å². The molecule has 1 aliphatic carbocycles. The zero-order valence-corrected chi connectivity index (χ0v) is 19.2. The number of thioether (sulfide) groups is 1. The number of nitrogens with zero attached hydrogens (tertiary/aromatic N) is 2. The predicted molar refractivity (Wildman–Crippen MR) is 122 cm³/mol. The van der Waals surface area contributed by atoms with Gasteiger partial charge in [-0.1, -0.05) is 36.0 Å². The highest BCUT2D eigenvalue weighted by molar-refractivity contribution is 8.00. The van der Waals surface area contributed by atoms with E-state index >= 15 is 0 Å². The molecular formula is C22H26N4O3S2. The number of nitrogens with two attached hydrogens (primary N) is 1. The quantitative estimate of drug-likeness (QED) is 0.551. The van der Waals surface area contributed by atoms with Crippen LogP contribution >= 0.6 is 11.8 Å². The van der Waals surface area contributed by atoms with E-state index in [1.165, 1.54) is 35.0 Å². The van der Waals surface area contributed by atoms with Crippen molar-refractivity contribution in [2.24, 2.45) is 5.14 Å². The minimum atomic E-state index is -3.80. The van der Waals surface area contributed by atoms with Gasteiger partial charge < -0.3 is 9.88 Å². The topological polar surface area (TPSA) is 107 Å². The predicted octanol–water partition coefficient (Wildman–Crippen LogP) is 3.38. The second-order valence-corrected chi connectivity index (χ2v) is 10.6. The average Bonchev–Trinajstić information content (AvgIpc) is 3.09. The first-order chi connectivity index (χ1) is 14.8. The summed E-state index contributed by atoms with van der Waals surface area (Å²) in [5, 5.41) is 8.77. The van der Waals surface area contributed by atoms with E-state index < -0.39 is 10.0 Å². The highest BCUT2D eigenvalue weighted by atomic mass is 32.2. The molecule has 1 amide bonds. The molecule has 9 heteroatoms. The summed E-state index contributed by atoms with van der Waals surface area (Å²) in [5.74, 6) is -0.0355. The lowest BCUT2D eigenvalue weighted by molar-refractivity contribution is -0.121. The molecule has 4 rings (SSSR count). The van der Waals surface area contributed by atoms with Crippen LogP contribution in [0.2, 0.25) is 0 Å². The first-order valence-corrected chi connectivity index (χ1v) is 12.8. The second kappa shape index (κ2) is 8.64. The largest absolute Gasteiger partial charge is 0.348 e. The lowest BCUT2D eigenvalue weighted by atomic mass is 9.88. The van der Waals surface area contributed by atoms with Crippen molar-refractivity contribution in [3.63, 3.8) is 0 Å². The van der Waals surface area contributed by atoms with Crippen molar-refractivity contribution < 1.29 is 13.2 Å². The number of aryl methyl sites for hydroxylation is 2. The molecule has 2 aromatic carbocycles. The SMILES string of the molecule is CCn1c(SC(C)C(=O)NC2CCCc3ccccc32)nc2cc(S(N)(=O)=O)ccc21. The molecule has 1 aromatic heterocycles. The van der Waals surface area contributed by atoms with E-state index in [1.54, 1.807) is 6.07 Å². The molecule has 0 radical (unpaired) electrons. The first-order valence-electron chi connectivity index (χ1n) is 10.4. The maximum atomic E-state index is 13.0. The molecule has 2 atom stereocenters. The second-order valence-electron chi connectivity index (χ2n) is 7.75. The molecule has 1 heterocycles. The maximum Gasteiger partial charge on any atom is 0.238 e. The Hall–Kier alpha value is -2.36. The molecular weight excluding hydrogens is 432 g/mol. The van der Waals surface area contributed by atoms with Gasteiger partial charge in [0.15, 0.2) is 5.16 Å². The van der Waals surface area contributed by atoms with E-state index in [1.807, 2.05) is 30.5 Å². The van der Waals surface area contributed by atoms with Crippen LogP contribution in [0.4, 0.5) is 0 Å². The Morgan fingerprint density at radius 1 is 1.32 bits per heavy atom. The third-order valence-electron chi connectivity index (χ3n) is 5.67. The molecule has 1 aliphatic rings. The summed E-state index contributed by atoms with van der Waals surface area (Å²) in [4.78, 5) is 17.6. The average molecular weight is 459 g/mol. The zero-order valence-electron chi connectivity index (χ0n) is 17.5. The van der Waals surface area contributed by atoms with Gasteiger partial charge in [-0.15, -0.1) is 0 Å². The van der Waals surface area contributed by atoms with Gasteiger partial charge in [0, 0.05) is 6.54 Å². The Kier molecular flexibility index (Phi) is 6.09. The molecule has 3 aromatic rings.